The zero-order chi connectivity index (χ0) is 15.5. The van der Waals surface area contributed by atoms with Gasteiger partial charge in [0.05, 0.1) is 0 Å². The van der Waals surface area contributed by atoms with E-state index in [1.807, 2.05) is 0 Å². The monoisotopic (exact) mass is 326 g/mol. The van der Waals surface area contributed by atoms with Gasteiger partial charge in [-0.1, -0.05) is 52.0 Å². The van der Waals surface area contributed by atoms with Crippen molar-refractivity contribution in [2.45, 2.75) is 39.7 Å². The molecule has 3 nitrogen and oxygen atoms in total. The van der Waals surface area contributed by atoms with E-state index in [1.165, 1.54) is 11.1 Å². The van der Waals surface area contributed by atoms with Gasteiger partial charge in [-0.05, 0) is 17.0 Å². The number of benzene rings is 1. The first-order valence-electron chi connectivity index (χ1n) is 8.11. The number of aliphatic hydroxyl groups excluding tert-OH is 1. The second-order valence-corrected chi connectivity index (χ2v) is 7.16. The summed E-state index contributed by atoms with van der Waals surface area (Å²) in [4.78, 5) is 2.52. The van der Waals surface area contributed by atoms with Crippen molar-refractivity contribution in [2.75, 3.05) is 32.8 Å². The summed E-state index contributed by atoms with van der Waals surface area (Å²) >= 11 is 0. The molecule has 1 atom stereocenters. The molecule has 2 rings (SSSR count). The molecular formula is C18H31ClN2O. The average molecular weight is 327 g/mol. The molecule has 1 aromatic rings. The smallest absolute Gasteiger partial charge is 0.0500 e. The van der Waals surface area contributed by atoms with E-state index in [0.717, 1.165) is 26.2 Å². The number of hydrogen-bond donors (Lipinski definition) is 2. The van der Waals surface area contributed by atoms with Crippen LogP contribution in [0, 0.1) is 5.41 Å². The molecule has 1 heterocycles. The average Bonchev–Trinajstić information content (AvgIpc) is 2.48. The molecule has 0 saturated carbocycles. The molecule has 4 heteroatoms. The van der Waals surface area contributed by atoms with Crippen LogP contribution in [-0.2, 0) is 0 Å². The molecule has 0 unspecified atom stereocenters. The Labute approximate surface area is 141 Å². The maximum atomic E-state index is 9.89. The van der Waals surface area contributed by atoms with Gasteiger partial charge in [0.25, 0.3) is 0 Å². The van der Waals surface area contributed by atoms with Gasteiger partial charge in [0.15, 0.2) is 0 Å². The Morgan fingerprint density at radius 2 is 1.77 bits per heavy atom. The van der Waals surface area contributed by atoms with Gasteiger partial charge in [0.2, 0.25) is 0 Å². The molecule has 0 spiro atoms. The van der Waals surface area contributed by atoms with Crippen LogP contribution in [0.15, 0.2) is 24.3 Å². The van der Waals surface area contributed by atoms with E-state index < -0.39 is 0 Å². The van der Waals surface area contributed by atoms with E-state index in [4.69, 9.17) is 0 Å². The first-order valence-corrected chi connectivity index (χ1v) is 8.11. The number of piperazine rings is 1. The molecule has 0 aliphatic carbocycles. The fourth-order valence-corrected chi connectivity index (χ4v) is 3.27. The van der Waals surface area contributed by atoms with Crippen molar-refractivity contribution < 1.29 is 5.11 Å². The van der Waals surface area contributed by atoms with Gasteiger partial charge in [-0.3, -0.25) is 4.90 Å². The largest absolute Gasteiger partial charge is 0.396 e. The quantitative estimate of drug-likeness (QED) is 0.872. The van der Waals surface area contributed by atoms with Crippen LogP contribution in [0.4, 0.5) is 0 Å². The molecule has 1 saturated heterocycles. The second-order valence-electron chi connectivity index (χ2n) is 7.16. The summed E-state index contributed by atoms with van der Waals surface area (Å²) in [5.41, 5.74) is 2.57. The summed E-state index contributed by atoms with van der Waals surface area (Å²) in [5.74, 6) is 0.533. The van der Waals surface area contributed by atoms with E-state index in [1.54, 1.807) is 0 Å². The van der Waals surface area contributed by atoms with Crippen molar-refractivity contribution in [1.82, 2.24) is 10.2 Å². The van der Waals surface area contributed by atoms with E-state index in [0.29, 0.717) is 5.92 Å². The Morgan fingerprint density at radius 1 is 1.18 bits per heavy atom. The predicted molar refractivity (Wildman–Crippen MR) is 95.8 cm³/mol. The SMILES string of the molecule is CC(C)c1cccc([C@H](N2CCNCC2)C(C)(C)CO)c1.Cl. The summed E-state index contributed by atoms with van der Waals surface area (Å²) in [5, 5.41) is 13.3. The highest BCUT2D eigenvalue weighted by atomic mass is 35.5. The minimum Gasteiger partial charge on any atom is -0.396 e. The van der Waals surface area contributed by atoms with Gasteiger partial charge in [-0.15, -0.1) is 12.4 Å². The molecule has 0 radical (unpaired) electrons. The van der Waals surface area contributed by atoms with Crippen LogP contribution >= 0.6 is 12.4 Å². The molecule has 0 aromatic heterocycles. The number of nitrogens with one attached hydrogen (secondary N) is 1. The van der Waals surface area contributed by atoms with E-state index in [2.05, 4.69) is 62.2 Å². The number of halogens is 1. The van der Waals surface area contributed by atoms with Crippen molar-refractivity contribution in [2.24, 2.45) is 5.41 Å². The Balaban J connectivity index is 0.00000242. The van der Waals surface area contributed by atoms with Crippen LogP contribution in [0.1, 0.15) is 50.8 Å². The normalized spacial score (nSPS) is 18.1. The van der Waals surface area contributed by atoms with E-state index in [9.17, 15) is 5.11 Å². The van der Waals surface area contributed by atoms with Crippen molar-refractivity contribution in [3.8, 4) is 0 Å². The molecular weight excluding hydrogens is 296 g/mol. The first kappa shape index (κ1) is 19.4. The third-order valence-corrected chi connectivity index (χ3v) is 4.56. The third-order valence-electron chi connectivity index (χ3n) is 4.56. The zero-order valence-corrected chi connectivity index (χ0v) is 15.1. The number of rotatable bonds is 5. The molecule has 0 bridgehead atoms. The Bertz CT molecular complexity index is 456. The topological polar surface area (TPSA) is 35.5 Å². The molecule has 2 N–H and O–H groups in total. The lowest BCUT2D eigenvalue weighted by Gasteiger charge is -2.43. The summed E-state index contributed by atoms with van der Waals surface area (Å²) in [6.45, 7) is 13.1. The van der Waals surface area contributed by atoms with Crippen LogP contribution in [0.5, 0.6) is 0 Å². The highest BCUT2D eigenvalue weighted by Gasteiger charge is 2.35. The van der Waals surface area contributed by atoms with E-state index in [-0.39, 0.29) is 30.5 Å². The molecule has 1 aliphatic heterocycles. The molecule has 126 valence electrons. The standard InChI is InChI=1S/C18H30N2O.ClH/c1-14(2)15-6-5-7-16(12-15)17(18(3,4)13-21)20-10-8-19-9-11-20;/h5-7,12,14,17,19,21H,8-11,13H2,1-4H3;1H/t17-;/m0./s1. The van der Waals surface area contributed by atoms with Gasteiger partial charge in [-0.2, -0.15) is 0 Å². The van der Waals surface area contributed by atoms with Crippen molar-refractivity contribution in [3.05, 3.63) is 35.4 Å². The maximum Gasteiger partial charge on any atom is 0.0500 e. The second kappa shape index (κ2) is 8.30. The van der Waals surface area contributed by atoms with Gasteiger partial charge < -0.3 is 10.4 Å². The van der Waals surface area contributed by atoms with Crippen LogP contribution in [-0.4, -0.2) is 42.8 Å². The lowest BCUT2D eigenvalue weighted by atomic mass is 9.79. The maximum absolute atomic E-state index is 9.89. The minimum absolute atomic E-state index is 0. The first-order chi connectivity index (χ1) is 9.95. The Kier molecular flexibility index (Phi) is 7.33. The van der Waals surface area contributed by atoms with Crippen LogP contribution < -0.4 is 5.32 Å². The highest BCUT2D eigenvalue weighted by Crippen LogP contribution is 2.39. The van der Waals surface area contributed by atoms with Crippen molar-refractivity contribution in [1.29, 1.82) is 0 Å². The number of hydrogen-bond acceptors (Lipinski definition) is 3. The number of aliphatic hydroxyl groups is 1. The Morgan fingerprint density at radius 3 is 2.32 bits per heavy atom. The van der Waals surface area contributed by atoms with Crippen molar-refractivity contribution >= 4 is 12.4 Å². The summed E-state index contributed by atoms with van der Waals surface area (Å²) in [6, 6.07) is 9.18. The van der Waals surface area contributed by atoms with Crippen LogP contribution in [0.3, 0.4) is 0 Å². The van der Waals surface area contributed by atoms with Crippen LogP contribution in [0.25, 0.3) is 0 Å². The zero-order valence-electron chi connectivity index (χ0n) is 14.3. The van der Waals surface area contributed by atoms with Crippen LogP contribution in [0.2, 0.25) is 0 Å². The molecule has 1 aromatic carbocycles. The fourth-order valence-electron chi connectivity index (χ4n) is 3.27. The molecule has 1 fully saturated rings. The summed E-state index contributed by atoms with van der Waals surface area (Å²) < 4.78 is 0. The number of nitrogens with zero attached hydrogens (tertiary/aromatic N) is 1. The predicted octanol–water partition coefficient (Wildman–Crippen LogP) is 3.20. The lowest BCUT2D eigenvalue weighted by molar-refractivity contribution is 0.0305. The summed E-state index contributed by atoms with van der Waals surface area (Å²) in [6.07, 6.45) is 0. The highest BCUT2D eigenvalue weighted by molar-refractivity contribution is 5.85. The minimum atomic E-state index is -0.146. The Hall–Kier alpha value is -0.610. The van der Waals surface area contributed by atoms with Crippen molar-refractivity contribution in [3.63, 3.8) is 0 Å². The van der Waals surface area contributed by atoms with E-state index >= 15 is 0 Å². The molecule has 0 amide bonds. The van der Waals surface area contributed by atoms with Gasteiger partial charge in [0.1, 0.15) is 0 Å². The molecule has 1 aliphatic rings. The fraction of sp³-hybridized carbons (Fsp3) is 0.667. The molecule has 22 heavy (non-hydrogen) atoms. The van der Waals surface area contributed by atoms with Gasteiger partial charge in [-0.25, -0.2) is 0 Å². The van der Waals surface area contributed by atoms with Gasteiger partial charge >= 0.3 is 0 Å². The third kappa shape index (κ3) is 4.45. The lowest BCUT2D eigenvalue weighted by Crippen LogP contribution is -2.49. The summed E-state index contributed by atoms with van der Waals surface area (Å²) in [7, 11) is 0. The van der Waals surface area contributed by atoms with Gasteiger partial charge in [0, 0.05) is 44.2 Å².